The molecule has 4 heteroatoms. The van der Waals surface area contributed by atoms with Crippen LogP contribution in [-0.4, -0.2) is 63.5 Å². The zero-order chi connectivity index (χ0) is 16.1. The Hall–Kier alpha value is -0.160. The van der Waals surface area contributed by atoms with Crippen molar-refractivity contribution in [3.63, 3.8) is 0 Å². The van der Waals surface area contributed by atoms with Crippen LogP contribution in [0, 0.1) is 11.8 Å². The highest BCUT2D eigenvalue weighted by Crippen LogP contribution is 2.10. The molecule has 0 amide bonds. The third kappa shape index (κ3) is 11.1. The molecule has 21 heavy (non-hydrogen) atoms. The van der Waals surface area contributed by atoms with Gasteiger partial charge in [0, 0.05) is 38.9 Å². The van der Waals surface area contributed by atoms with Gasteiger partial charge >= 0.3 is 0 Å². The standard InChI is InChI=1S/C17H38N2O2/c1-7-20-11-9-19(10-12-21-8-2)17(16(5)6)14-18-13-15(3)4/h15-18H,7-14H2,1-6H3. The molecule has 128 valence electrons. The highest BCUT2D eigenvalue weighted by molar-refractivity contribution is 4.77. The predicted molar refractivity (Wildman–Crippen MR) is 90.9 cm³/mol. The molecule has 0 aromatic carbocycles. The Morgan fingerprint density at radius 3 is 1.76 bits per heavy atom. The van der Waals surface area contributed by atoms with Crippen LogP contribution in [0.5, 0.6) is 0 Å². The number of nitrogens with zero attached hydrogens (tertiary/aromatic N) is 1. The van der Waals surface area contributed by atoms with Crippen molar-refractivity contribution < 1.29 is 9.47 Å². The first kappa shape index (κ1) is 20.8. The molecule has 1 unspecified atom stereocenters. The predicted octanol–water partition coefficient (Wildman–Crippen LogP) is 2.63. The molecule has 0 aliphatic rings. The van der Waals surface area contributed by atoms with Gasteiger partial charge in [-0.25, -0.2) is 0 Å². The zero-order valence-electron chi connectivity index (χ0n) is 15.2. The van der Waals surface area contributed by atoms with Gasteiger partial charge in [0.05, 0.1) is 13.2 Å². The summed E-state index contributed by atoms with van der Waals surface area (Å²) in [6, 6.07) is 0.532. The van der Waals surface area contributed by atoms with Crippen molar-refractivity contribution in [1.29, 1.82) is 0 Å². The molecular weight excluding hydrogens is 264 g/mol. The van der Waals surface area contributed by atoms with E-state index in [-0.39, 0.29) is 0 Å². The smallest absolute Gasteiger partial charge is 0.0593 e. The van der Waals surface area contributed by atoms with Gasteiger partial charge in [0.2, 0.25) is 0 Å². The minimum atomic E-state index is 0.532. The highest BCUT2D eigenvalue weighted by Gasteiger charge is 2.21. The molecule has 0 aliphatic heterocycles. The Balaban J connectivity index is 4.42. The lowest BCUT2D eigenvalue weighted by Gasteiger charge is -2.34. The van der Waals surface area contributed by atoms with Gasteiger partial charge in [0.1, 0.15) is 0 Å². The monoisotopic (exact) mass is 302 g/mol. The van der Waals surface area contributed by atoms with Crippen molar-refractivity contribution in [1.82, 2.24) is 10.2 Å². The Morgan fingerprint density at radius 2 is 1.38 bits per heavy atom. The summed E-state index contributed by atoms with van der Waals surface area (Å²) >= 11 is 0. The fourth-order valence-corrected chi connectivity index (χ4v) is 2.40. The van der Waals surface area contributed by atoms with Crippen molar-refractivity contribution in [2.75, 3.05) is 52.6 Å². The van der Waals surface area contributed by atoms with Crippen molar-refractivity contribution >= 4 is 0 Å². The maximum Gasteiger partial charge on any atom is 0.0593 e. The molecule has 1 N–H and O–H groups in total. The second kappa shape index (κ2) is 13.5. The number of ether oxygens (including phenoxy) is 2. The highest BCUT2D eigenvalue weighted by atomic mass is 16.5. The van der Waals surface area contributed by atoms with Gasteiger partial charge in [-0.3, -0.25) is 4.90 Å². The molecular formula is C17H38N2O2. The van der Waals surface area contributed by atoms with Crippen LogP contribution in [0.1, 0.15) is 41.5 Å². The van der Waals surface area contributed by atoms with Gasteiger partial charge in [-0.2, -0.15) is 0 Å². The van der Waals surface area contributed by atoms with Crippen LogP contribution in [0.15, 0.2) is 0 Å². The summed E-state index contributed by atoms with van der Waals surface area (Å²) in [5.41, 5.74) is 0. The number of hydrogen-bond donors (Lipinski definition) is 1. The van der Waals surface area contributed by atoms with Gasteiger partial charge in [0.15, 0.2) is 0 Å². The molecule has 0 aromatic rings. The van der Waals surface area contributed by atoms with Crippen molar-refractivity contribution in [3.05, 3.63) is 0 Å². The summed E-state index contributed by atoms with van der Waals surface area (Å²) in [5, 5.41) is 3.60. The summed E-state index contributed by atoms with van der Waals surface area (Å²) in [5.74, 6) is 1.31. The Bertz CT molecular complexity index is 213. The maximum absolute atomic E-state index is 5.54. The van der Waals surface area contributed by atoms with E-state index in [1.807, 2.05) is 0 Å². The van der Waals surface area contributed by atoms with E-state index in [0.717, 1.165) is 52.6 Å². The fraction of sp³-hybridized carbons (Fsp3) is 1.00. The molecule has 0 heterocycles. The minimum Gasteiger partial charge on any atom is -0.380 e. The van der Waals surface area contributed by atoms with Crippen LogP contribution >= 0.6 is 0 Å². The van der Waals surface area contributed by atoms with E-state index in [9.17, 15) is 0 Å². The number of hydrogen-bond acceptors (Lipinski definition) is 4. The van der Waals surface area contributed by atoms with Crippen LogP contribution < -0.4 is 5.32 Å². The first-order valence-electron chi connectivity index (χ1n) is 8.63. The lowest BCUT2D eigenvalue weighted by molar-refractivity contribution is 0.0507. The maximum atomic E-state index is 5.54. The van der Waals surface area contributed by atoms with E-state index in [4.69, 9.17) is 9.47 Å². The lowest BCUT2D eigenvalue weighted by Crippen LogP contribution is -2.48. The molecule has 0 rings (SSSR count). The van der Waals surface area contributed by atoms with E-state index in [1.165, 1.54) is 0 Å². The fourth-order valence-electron chi connectivity index (χ4n) is 2.40. The van der Waals surface area contributed by atoms with E-state index in [2.05, 4.69) is 51.8 Å². The Labute approximate surface area is 132 Å². The van der Waals surface area contributed by atoms with Crippen molar-refractivity contribution in [2.24, 2.45) is 11.8 Å². The van der Waals surface area contributed by atoms with Crippen LogP contribution in [0.4, 0.5) is 0 Å². The number of nitrogens with one attached hydrogen (secondary N) is 1. The molecule has 0 saturated heterocycles. The third-order valence-electron chi connectivity index (χ3n) is 3.60. The first-order valence-corrected chi connectivity index (χ1v) is 8.63. The zero-order valence-corrected chi connectivity index (χ0v) is 15.2. The molecule has 1 atom stereocenters. The Kier molecular flexibility index (Phi) is 13.4. The quantitative estimate of drug-likeness (QED) is 0.500. The summed E-state index contributed by atoms with van der Waals surface area (Å²) in [6.07, 6.45) is 0. The van der Waals surface area contributed by atoms with Gasteiger partial charge in [-0.05, 0) is 32.2 Å². The second-order valence-electron chi connectivity index (χ2n) is 6.29. The van der Waals surface area contributed by atoms with Crippen LogP contribution in [0.3, 0.4) is 0 Å². The topological polar surface area (TPSA) is 33.7 Å². The average Bonchev–Trinajstić information content (AvgIpc) is 2.42. The van der Waals surface area contributed by atoms with E-state index < -0.39 is 0 Å². The van der Waals surface area contributed by atoms with Gasteiger partial charge in [0.25, 0.3) is 0 Å². The first-order chi connectivity index (χ1) is 10.0. The largest absolute Gasteiger partial charge is 0.380 e. The molecule has 0 aliphatic carbocycles. The van der Waals surface area contributed by atoms with Gasteiger partial charge < -0.3 is 14.8 Å². The third-order valence-corrected chi connectivity index (χ3v) is 3.60. The Morgan fingerprint density at radius 1 is 0.857 bits per heavy atom. The summed E-state index contributed by atoms with van der Waals surface area (Å²) in [7, 11) is 0. The molecule has 0 fully saturated rings. The molecule has 0 bridgehead atoms. The second-order valence-corrected chi connectivity index (χ2v) is 6.29. The van der Waals surface area contributed by atoms with Crippen LogP contribution in [-0.2, 0) is 9.47 Å². The van der Waals surface area contributed by atoms with Crippen LogP contribution in [0.25, 0.3) is 0 Å². The molecule has 0 saturated carbocycles. The van der Waals surface area contributed by atoms with Crippen LogP contribution in [0.2, 0.25) is 0 Å². The van der Waals surface area contributed by atoms with E-state index in [0.29, 0.717) is 17.9 Å². The van der Waals surface area contributed by atoms with E-state index >= 15 is 0 Å². The van der Waals surface area contributed by atoms with Crippen molar-refractivity contribution in [2.45, 2.75) is 47.6 Å². The van der Waals surface area contributed by atoms with E-state index in [1.54, 1.807) is 0 Å². The van der Waals surface area contributed by atoms with Gasteiger partial charge in [-0.15, -0.1) is 0 Å². The molecule has 0 aromatic heterocycles. The molecule has 0 radical (unpaired) electrons. The summed E-state index contributed by atoms with van der Waals surface area (Å²) < 4.78 is 11.1. The molecule has 4 nitrogen and oxygen atoms in total. The molecule has 0 spiro atoms. The average molecular weight is 303 g/mol. The van der Waals surface area contributed by atoms with Gasteiger partial charge in [-0.1, -0.05) is 27.7 Å². The SMILES string of the molecule is CCOCCN(CCOCC)C(CNCC(C)C)C(C)C. The van der Waals surface area contributed by atoms with Crippen molar-refractivity contribution in [3.8, 4) is 0 Å². The summed E-state index contributed by atoms with van der Waals surface area (Å²) in [6.45, 7) is 20.5. The lowest BCUT2D eigenvalue weighted by atomic mass is 10.0. The number of rotatable bonds is 14. The normalized spacial score (nSPS) is 13.6. The minimum absolute atomic E-state index is 0.532. The summed E-state index contributed by atoms with van der Waals surface area (Å²) in [4.78, 5) is 2.52.